The lowest BCUT2D eigenvalue weighted by molar-refractivity contribution is 0.597. The van der Waals surface area contributed by atoms with E-state index in [0.29, 0.717) is 6.42 Å². The first-order chi connectivity index (χ1) is 9.15. The summed E-state index contributed by atoms with van der Waals surface area (Å²) in [4.78, 5) is 0. The molecule has 3 N–H and O–H groups in total. The average molecular weight is 323 g/mol. The molecule has 0 spiro atoms. The van der Waals surface area contributed by atoms with Crippen molar-refractivity contribution in [3.05, 3.63) is 63.9 Å². The van der Waals surface area contributed by atoms with Gasteiger partial charge in [-0.25, -0.2) is 4.39 Å². The van der Waals surface area contributed by atoms with Gasteiger partial charge >= 0.3 is 0 Å². The summed E-state index contributed by atoms with van der Waals surface area (Å²) < 4.78 is 14.4. The van der Waals surface area contributed by atoms with Crippen molar-refractivity contribution < 1.29 is 4.39 Å². The van der Waals surface area contributed by atoms with Gasteiger partial charge in [0.1, 0.15) is 5.82 Å². The first-order valence-electron chi connectivity index (χ1n) is 6.14. The fourth-order valence-electron chi connectivity index (χ4n) is 1.83. The molecule has 0 aliphatic heterocycles. The van der Waals surface area contributed by atoms with E-state index < -0.39 is 0 Å². The van der Waals surface area contributed by atoms with Crippen LogP contribution in [0.4, 0.5) is 10.1 Å². The van der Waals surface area contributed by atoms with Crippen molar-refractivity contribution in [3.8, 4) is 0 Å². The molecule has 0 saturated heterocycles. The van der Waals surface area contributed by atoms with Crippen LogP contribution in [0.2, 0.25) is 0 Å². The summed E-state index contributed by atoms with van der Waals surface area (Å²) in [7, 11) is 0. The number of halogens is 2. The predicted molar refractivity (Wildman–Crippen MR) is 80.4 cm³/mol. The molecule has 4 heteroatoms. The van der Waals surface area contributed by atoms with Gasteiger partial charge in [0.25, 0.3) is 0 Å². The van der Waals surface area contributed by atoms with Gasteiger partial charge in [-0.05, 0) is 54.4 Å². The number of hydrogen-bond acceptors (Lipinski definition) is 2. The van der Waals surface area contributed by atoms with E-state index in [-0.39, 0.29) is 5.82 Å². The van der Waals surface area contributed by atoms with E-state index in [1.807, 2.05) is 30.3 Å². The van der Waals surface area contributed by atoms with Crippen LogP contribution in [0, 0.1) is 5.82 Å². The molecule has 0 amide bonds. The van der Waals surface area contributed by atoms with Gasteiger partial charge in [-0.15, -0.1) is 0 Å². The molecule has 0 fully saturated rings. The lowest BCUT2D eigenvalue weighted by atomic mass is 10.1. The lowest BCUT2D eigenvalue weighted by Gasteiger charge is -2.07. The highest BCUT2D eigenvalue weighted by Crippen LogP contribution is 2.15. The van der Waals surface area contributed by atoms with Crippen molar-refractivity contribution in [3.63, 3.8) is 0 Å². The van der Waals surface area contributed by atoms with Gasteiger partial charge in [-0.2, -0.15) is 0 Å². The van der Waals surface area contributed by atoms with E-state index in [9.17, 15) is 4.39 Å². The van der Waals surface area contributed by atoms with Crippen LogP contribution in [0.5, 0.6) is 0 Å². The highest BCUT2D eigenvalue weighted by atomic mass is 79.9. The molecule has 2 rings (SSSR count). The van der Waals surface area contributed by atoms with E-state index in [0.717, 1.165) is 28.8 Å². The molecule has 0 radical (unpaired) electrons. The summed E-state index contributed by atoms with van der Waals surface area (Å²) >= 11 is 3.35. The highest BCUT2D eigenvalue weighted by Gasteiger charge is 2.02. The molecule has 2 aromatic carbocycles. The second kappa shape index (κ2) is 6.68. The summed E-state index contributed by atoms with van der Waals surface area (Å²) in [5, 5.41) is 3.29. The third-order valence-electron chi connectivity index (χ3n) is 2.89. The minimum absolute atomic E-state index is 0.155. The fraction of sp³-hybridized carbons (Fsp3) is 0.200. The van der Waals surface area contributed by atoms with Crippen LogP contribution in [0.3, 0.4) is 0 Å². The van der Waals surface area contributed by atoms with Crippen LogP contribution < -0.4 is 11.1 Å². The zero-order valence-corrected chi connectivity index (χ0v) is 12.1. The first-order valence-corrected chi connectivity index (χ1v) is 6.93. The maximum absolute atomic E-state index is 13.5. The zero-order chi connectivity index (χ0) is 13.7. The van der Waals surface area contributed by atoms with E-state index in [1.165, 1.54) is 11.6 Å². The predicted octanol–water partition coefficient (Wildman–Crippen LogP) is 3.50. The average Bonchev–Trinajstić information content (AvgIpc) is 2.40. The Morgan fingerprint density at radius 1 is 1.11 bits per heavy atom. The van der Waals surface area contributed by atoms with E-state index >= 15 is 0 Å². The molecule has 0 aliphatic carbocycles. The van der Waals surface area contributed by atoms with E-state index in [1.54, 1.807) is 6.07 Å². The first kappa shape index (κ1) is 14.0. The smallest absolute Gasteiger partial charge is 0.126 e. The highest BCUT2D eigenvalue weighted by molar-refractivity contribution is 9.10. The lowest BCUT2D eigenvalue weighted by Crippen LogP contribution is -2.17. The molecular formula is C15H16BrFN2. The van der Waals surface area contributed by atoms with Gasteiger partial charge in [0.2, 0.25) is 0 Å². The van der Waals surface area contributed by atoms with Crippen molar-refractivity contribution in [2.75, 3.05) is 12.3 Å². The Labute approximate surface area is 121 Å². The molecular weight excluding hydrogens is 307 g/mol. The van der Waals surface area contributed by atoms with Crippen LogP contribution in [-0.4, -0.2) is 6.54 Å². The molecule has 0 unspecified atom stereocenters. The molecule has 2 nitrogen and oxygen atoms in total. The van der Waals surface area contributed by atoms with Crippen molar-refractivity contribution in [1.29, 1.82) is 0 Å². The Balaban J connectivity index is 1.80. The van der Waals surface area contributed by atoms with E-state index in [2.05, 4.69) is 21.2 Å². The zero-order valence-electron chi connectivity index (χ0n) is 10.5. The number of hydrogen-bond donors (Lipinski definition) is 2. The molecule has 0 heterocycles. The molecule has 0 aromatic heterocycles. The number of nitrogens with two attached hydrogens (primary N) is 1. The summed E-state index contributed by atoms with van der Waals surface area (Å²) in [6.45, 7) is 1.49. The van der Waals surface area contributed by atoms with Crippen LogP contribution in [0.1, 0.15) is 11.1 Å². The normalized spacial score (nSPS) is 10.6. The third-order valence-corrected chi connectivity index (χ3v) is 3.38. The Morgan fingerprint density at radius 3 is 2.58 bits per heavy atom. The minimum atomic E-state index is -0.155. The summed E-state index contributed by atoms with van der Waals surface area (Å²) in [6, 6.07) is 12.8. The van der Waals surface area contributed by atoms with Gasteiger partial charge in [0.05, 0.1) is 0 Å². The number of nitrogens with one attached hydrogen (secondary N) is 1. The monoisotopic (exact) mass is 322 g/mol. The van der Waals surface area contributed by atoms with E-state index in [4.69, 9.17) is 5.73 Å². The van der Waals surface area contributed by atoms with Gasteiger partial charge < -0.3 is 11.1 Å². The summed E-state index contributed by atoms with van der Waals surface area (Å²) in [6.07, 6.45) is 0.667. The summed E-state index contributed by atoms with van der Waals surface area (Å²) in [5.74, 6) is -0.155. The van der Waals surface area contributed by atoms with Gasteiger partial charge in [-0.3, -0.25) is 0 Å². The Morgan fingerprint density at radius 2 is 1.84 bits per heavy atom. The number of anilines is 1. The molecule has 0 bridgehead atoms. The Bertz CT molecular complexity index is 540. The van der Waals surface area contributed by atoms with Crippen LogP contribution >= 0.6 is 15.9 Å². The van der Waals surface area contributed by atoms with Crippen molar-refractivity contribution >= 4 is 21.6 Å². The molecule has 0 aliphatic rings. The number of benzene rings is 2. The van der Waals surface area contributed by atoms with Crippen LogP contribution in [0.15, 0.2) is 46.9 Å². The largest absolute Gasteiger partial charge is 0.399 e. The standard InChI is InChI=1S/C15H16BrFN2/c16-13-3-6-15(17)12(9-13)7-8-19-10-11-1-4-14(18)5-2-11/h1-6,9,19H,7-8,10,18H2. The van der Waals surface area contributed by atoms with Gasteiger partial charge in [0.15, 0.2) is 0 Å². The second-order valence-corrected chi connectivity index (χ2v) is 5.32. The molecule has 100 valence electrons. The summed E-state index contributed by atoms with van der Waals surface area (Å²) in [5.41, 5.74) is 8.28. The SMILES string of the molecule is Nc1ccc(CNCCc2cc(Br)ccc2F)cc1. The molecule has 19 heavy (non-hydrogen) atoms. The molecule has 0 saturated carbocycles. The molecule has 0 atom stereocenters. The number of nitrogen functional groups attached to an aromatic ring is 1. The van der Waals surface area contributed by atoms with Crippen molar-refractivity contribution in [1.82, 2.24) is 5.32 Å². The number of rotatable bonds is 5. The van der Waals surface area contributed by atoms with Crippen LogP contribution in [0.25, 0.3) is 0 Å². The molecule has 2 aromatic rings. The van der Waals surface area contributed by atoms with Crippen molar-refractivity contribution in [2.24, 2.45) is 0 Å². The Kier molecular flexibility index (Phi) is 4.93. The second-order valence-electron chi connectivity index (χ2n) is 4.40. The third kappa shape index (κ3) is 4.33. The minimum Gasteiger partial charge on any atom is -0.399 e. The van der Waals surface area contributed by atoms with Crippen LogP contribution in [-0.2, 0) is 13.0 Å². The maximum Gasteiger partial charge on any atom is 0.126 e. The quantitative estimate of drug-likeness (QED) is 0.653. The van der Waals surface area contributed by atoms with Gasteiger partial charge in [-0.1, -0.05) is 28.1 Å². The topological polar surface area (TPSA) is 38.0 Å². The van der Waals surface area contributed by atoms with Gasteiger partial charge in [0, 0.05) is 16.7 Å². The van der Waals surface area contributed by atoms with Crippen molar-refractivity contribution in [2.45, 2.75) is 13.0 Å². The maximum atomic E-state index is 13.5. The Hall–Kier alpha value is -1.39. The fourth-order valence-corrected chi connectivity index (χ4v) is 2.23.